The van der Waals surface area contributed by atoms with Gasteiger partial charge >= 0.3 is 0 Å². The van der Waals surface area contributed by atoms with Gasteiger partial charge < -0.3 is 5.73 Å². The fourth-order valence-electron chi connectivity index (χ4n) is 1.77. The molecule has 0 spiro atoms. The first-order valence-corrected chi connectivity index (χ1v) is 5.55. The molecule has 0 saturated carbocycles. The minimum atomic E-state index is 0.817. The number of aromatic nitrogens is 1. The molecule has 16 heavy (non-hydrogen) atoms. The molecule has 1 aromatic heterocycles. The molecule has 2 nitrogen and oxygen atoms in total. The summed E-state index contributed by atoms with van der Waals surface area (Å²) in [6.07, 6.45) is 5.49. The average molecular weight is 212 g/mol. The number of benzene rings is 1. The average Bonchev–Trinajstić information content (AvgIpc) is 2.32. The third kappa shape index (κ3) is 2.40. The van der Waals surface area contributed by atoms with Gasteiger partial charge in [-0.2, -0.15) is 0 Å². The molecule has 1 aromatic carbocycles. The van der Waals surface area contributed by atoms with E-state index >= 15 is 0 Å². The van der Waals surface area contributed by atoms with Crippen molar-refractivity contribution in [2.75, 3.05) is 5.73 Å². The van der Waals surface area contributed by atoms with Crippen LogP contribution in [0.1, 0.15) is 23.6 Å². The highest BCUT2D eigenvalue weighted by molar-refractivity contribution is 5.46. The van der Waals surface area contributed by atoms with Crippen LogP contribution in [0.25, 0.3) is 0 Å². The lowest BCUT2D eigenvalue weighted by atomic mass is 10.0. The van der Waals surface area contributed by atoms with Gasteiger partial charge in [0.1, 0.15) is 0 Å². The maximum atomic E-state index is 5.90. The van der Waals surface area contributed by atoms with E-state index in [1.807, 2.05) is 12.3 Å². The molecular weight excluding hydrogens is 196 g/mol. The summed E-state index contributed by atoms with van der Waals surface area (Å²) >= 11 is 0. The standard InChI is InChI=1S/C14H16N2/c1-2-11-4-3-5-12(8-11)9-13-10-16-7-6-14(13)15/h3-8,10H,2,9H2,1H3,(H2,15,16). The molecule has 0 aliphatic carbocycles. The molecule has 0 radical (unpaired) electrons. The van der Waals surface area contributed by atoms with Gasteiger partial charge in [0, 0.05) is 24.5 Å². The summed E-state index contributed by atoms with van der Waals surface area (Å²) in [4.78, 5) is 4.10. The van der Waals surface area contributed by atoms with Crippen LogP contribution in [0, 0.1) is 0 Å². The van der Waals surface area contributed by atoms with Crippen molar-refractivity contribution in [1.82, 2.24) is 4.98 Å². The second-order valence-electron chi connectivity index (χ2n) is 3.92. The van der Waals surface area contributed by atoms with Gasteiger partial charge in [0.2, 0.25) is 0 Å². The molecule has 0 bridgehead atoms. The largest absolute Gasteiger partial charge is 0.398 e. The van der Waals surface area contributed by atoms with Crippen molar-refractivity contribution in [3.63, 3.8) is 0 Å². The van der Waals surface area contributed by atoms with E-state index in [-0.39, 0.29) is 0 Å². The van der Waals surface area contributed by atoms with Crippen molar-refractivity contribution >= 4 is 5.69 Å². The Balaban J connectivity index is 2.24. The number of hydrogen-bond acceptors (Lipinski definition) is 2. The number of hydrogen-bond donors (Lipinski definition) is 1. The normalized spacial score (nSPS) is 10.3. The Kier molecular flexibility index (Phi) is 3.20. The van der Waals surface area contributed by atoms with Crippen molar-refractivity contribution in [1.29, 1.82) is 0 Å². The Bertz CT molecular complexity index is 478. The Morgan fingerprint density at radius 3 is 2.75 bits per heavy atom. The molecule has 0 atom stereocenters. The molecular formula is C14H16N2. The Morgan fingerprint density at radius 2 is 2.00 bits per heavy atom. The Morgan fingerprint density at radius 1 is 1.19 bits per heavy atom. The van der Waals surface area contributed by atoms with E-state index in [9.17, 15) is 0 Å². The van der Waals surface area contributed by atoms with Gasteiger partial charge in [0.25, 0.3) is 0 Å². The highest BCUT2D eigenvalue weighted by Crippen LogP contribution is 2.15. The van der Waals surface area contributed by atoms with Gasteiger partial charge in [-0.15, -0.1) is 0 Å². The lowest BCUT2D eigenvalue weighted by Crippen LogP contribution is -1.96. The summed E-state index contributed by atoms with van der Waals surface area (Å²) in [5.41, 5.74) is 10.5. The van der Waals surface area contributed by atoms with Crippen LogP contribution in [0.5, 0.6) is 0 Å². The summed E-state index contributed by atoms with van der Waals surface area (Å²) in [5, 5.41) is 0. The molecule has 2 aromatic rings. The van der Waals surface area contributed by atoms with Crippen molar-refractivity contribution in [2.45, 2.75) is 19.8 Å². The number of aryl methyl sites for hydroxylation is 1. The zero-order valence-electron chi connectivity index (χ0n) is 9.48. The first kappa shape index (κ1) is 10.7. The van der Waals surface area contributed by atoms with E-state index in [4.69, 9.17) is 5.73 Å². The fourth-order valence-corrected chi connectivity index (χ4v) is 1.77. The lowest BCUT2D eigenvalue weighted by molar-refractivity contribution is 1.10. The monoisotopic (exact) mass is 212 g/mol. The van der Waals surface area contributed by atoms with Crippen LogP contribution in [0.2, 0.25) is 0 Å². The molecule has 2 N–H and O–H groups in total. The fraction of sp³-hybridized carbons (Fsp3) is 0.214. The summed E-state index contributed by atoms with van der Waals surface area (Å²) in [6.45, 7) is 2.16. The predicted octanol–water partition coefficient (Wildman–Crippen LogP) is 2.82. The molecule has 0 unspecified atom stereocenters. The molecule has 0 aliphatic heterocycles. The summed E-state index contributed by atoms with van der Waals surface area (Å²) in [5.74, 6) is 0. The van der Waals surface area contributed by atoms with Gasteiger partial charge in [-0.3, -0.25) is 4.98 Å². The van der Waals surface area contributed by atoms with Crippen LogP contribution in [-0.2, 0) is 12.8 Å². The van der Waals surface area contributed by atoms with Crippen molar-refractivity contribution in [3.8, 4) is 0 Å². The van der Waals surface area contributed by atoms with Crippen LogP contribution < -0.4 is 5.73 Å². The number of nitrogens with zero attached hydrogens (tertiary/aromatic N) is 1. The van der Waals surface area contributed by atoms with Gasteiger partial charge in [-0.05, 0) is 29.2 Å². The van der Waals surface area contributed by atoms with Gasteiger partial charge in [-0.1, -0.05) is 31.2 Å². The number of nitrogen functional groups attached to an aromatic ring is 1. The third-order valence-electron chi connectivity index (χ3n) is 2.74. The molecule has 0 aliphatic rings. The first-order valence-electron chi connectivity index (χ1n) is 5.55. The van der Waals surface area contributed by atoms with E-state index in [0.29, 0.717) is 0 Å². The Hall–Kier alpha value is -1.83. The van der Waals surface area contributed by atoms with Crippen LogP contribution in [0.4, 0.5) is 5.69 Å². The van der Waals surface area contributed by atoms with Gasteiger partial charge in [0.05, 0.1) is 0 Å². The molecule has 82 valence electrons. The van der Waals surface area contributed by atoms with E-state index in [0.717, 1.165) is 24.1 Å². The van der Waals surface area contributed by atoms with Gasteiger partial charge in [-0.25, -0.2) is 0 Å². The number of rotatable bonds is 3. The maximum Gasteiger partial charge on any atom is 0.0380 e. The van der Waals surface area contributed by atoms with Crippen LogP contribution >= 0.6 is 0 Å². The predicted molar refractivity (Wildman–Crippen MR) is 67.3 cm³/mol. The van der Waals surface area contributed by atoms with Crippen molar-refractivity contribution in [2.24, 2.45) is 0 Å². The number of nitrogens with two attached hydrogens (primary N) is 1. The summed E-state index contributed by atoms with van der Waals surface area (Å²) in [6, 6.07) is 10.5. The quantitative estimate of drug-likeness (QED) is 0.849. The second kappa shape index (κ2) is 4.79. The molecule has 0 saturated heterocycles. The zero-order valence-corrected chi connectivity index (χ0v) is 9.48. The third-order valence-corrected chi connectivity index (χ3v) is 2.74. The minimum absolute atomic E-state index is 0.817. The molecule has 0 amide bonds. The van der Waals surface area contributed by atoms with E-state index in [1.165, 1.54) is 11.1 Å². The summed E-state index contributed by atoms with van der Waals surface area (Å²) < 4.78 is 0. The number of pyridine rings is 1. The molecule has 2 rings (SSSR count). The van der Waals surface area contributed by atoms with Crippen LogP contribution in [0.3, 0.4) is 0 Å². The summed E-state index contributed by atoms with van der Waals surface area (Å²) in [7, 11) is 0. The van der Waals surface area contributed by atoms with Crippen LogP contribution in [-0.4, -0.2) is 4.98 Å². The van der Waals surface area contributed by atoms with E-state index in [2.05, 4.69) is 36.2 Å². The molecule has 2 heteroatoms. The SMILES string of the molecule is CCc1cccc(Cc2cnccc2N)c1. The van der Waals surface area contributed by atoms with Crippen molar-refractivity contribution in [3.05, 3.63) is 59.4 Å². The second-order valence-corrected chi connectivity index (χ2v) is 3.92. The molecule has 1 heterocycles. The highest BCUT2D eigenvalue weighted by Gasteiger charge is 2.01. The smallest absolute Gasteiger partial charge is 0.0380 e. The Labute approximate surface area is 96.1 Å². The van der Waals surface area contributed by atoms with Crippen LogP contribution in [0.15, 0.2) is 42.7 Å². The van der Waals surface area contributed by atoms with E-state index < -0.39 is 0 Å². The zero-order chi connectivity index (χ0) is 11.4. The number of anilines is 1. The molecule has 0 fully saturated rings. The topological polar surface area (TPSA) is 38.9 Å². The lowest BCUT2D eigenvalue weighted by Gasteiger charge is -2.06. The van der Waals surface area contributed by atoms with E-state index in [1.54, 1.807) is 6.20 Å². The highest BCUT2D eigenvalue weighted by atomic mass is 14.7. The van der Waals surface area contributed by atoms with Crippen molar-refractivity contribution < 1.29 is 0 Å². The maximum absolute atomic E-state index is 5.90. The minimum Gasteiger partial charge on any atom is -0.398 e. The first-order chi connectivity index (χ1) is 7.79. The van der Waals surface area contributed by atoms with Gasteiger partial charge in [0.15, 0.2) is 0 Å².